The highest BCUT2D eigenvalue weighted by atomic mass is 16.2. The van der Waals surface area contributed by atoms with E-state index < -0.39 is 5.41 Å². The third-order valence-electron chi connectivity index (χ3n) is 4.80. The number of nitrogens with one attached hydrogen (secondary N) is 2. The summed E-state index contributed by atoms with van der Waals surface area (Å²) >= 11 is 0. The molecule has 0 radical (unpaired) electrons. The van der Waals surface area contributed by atoms with E-state index in [0.29, 0.717) is 17.8 Å². The fourth-order valence-corrected chi connectivity index (χ4v) is 3.31. The van der Waals surface area contributed by atoms with E-state index in [4.69, 9.17) is 0 Å². The lowest BCUT2D eigenvalue weighted by atomic mass is 9.86. The molecule has 1 saturated heterocycles. The predicted octanol–water partition coefficient (Wildman–Crippen LogP) is 2.59. The average molecular weight is 354 g/mol. The van der Waals surface area contributed by atoms with Gasteiger partial charge in [0, 0.05) is 48.9 Å². The van der Waals surface area contributed by atoms with E-state index in [0.717, 1.165) is 12.1 Å². The van der Waals surface area contributed by atoms with Crippen molar-refractivity contribution in [2.45, 2.75) is 26.7 Å². The van der Waals surface area contributed by atoms with Crippen LogP contribution in [-0.2, 0) is 11.8 Å². The lowest BCUT2D eigenvalue weighted by molar-refractivity contribution is -0.119. The van der Waals surface area contributed by atoms with Crippen molar-refractivity contribution in [1.82, 2.24) is 15.1 Å². The lowest BCUT2D eigenvalue weighted by Crippen LogP contribution is -2.28. The Labute approximate surface area is 154 Å². The van der Waals surface area contributed by atoms with Gasteiger partial charge in [-0.2, -0.15) is 5.10 Å². The van der Waals surface area contributed by atoms with Crippen LogP contribution in [0.5, 0.6) is 0 Å². The number of amides is 1. The van der Waals surface area contributed by atoms with Crippen molar-refractivity contribution in [3.05, 3.63) is 47.8 Å². The zero-order chi connectivity index (χ0) is 18.9. The monoisotopic (exact) mass is 354 g/mol. The fourth-order valence-electron chi connectivity index (χ4n) is 3.31. The first-order valence-electron chi connectivity index (χ1n) is 8.90. The fraction of sp³-hybridized carbons (Fsp3) is 0.450. The van der Waals surface area contributed by atoms with Crippen LogP contribution >= 0.6 is 0 Å². The highest BCUT2D eigenvalue weighted by Crippen LogP contribution is 2.29. The molecule has 1 fully saturated rings. The normalized spacial score (nSPS) is 20.2. The number of anilines is 1. The molecule has 0 saturated carbocycles. The van der Waals surface area contributed by atoms with Crippen LogP contribution < -0.4 is 10.6 Å². The highest BCUT2D eigenvalue weighted by molar-refractivity contribution is 6.00. The molecule has 0 aliphatic carbocycles. The molecule has 138 valence electrons. The Kier molecular flexibility index (Phi) is 4.96. The second kappa shape index (κ2) is 7.03. The maximum absolute atomic E-state index is 12.7. The Hall–Kier alpha value is -2.47. The average Bonchev–Trinajstić information content (AvgIpc) is 3.22. The smallest absolute Gasteiger partial charge is 0.229 e. The van der Waals surface area contributed by atoms with Crippen LogP contribution in [0.25, 0.3) is 0 Å². The van der Waals surface area contributed by atoms with Crippen molar-refractivity contribution >= 4 is 17.4 Å². The van der Waals surface area contributed by atoms with Crippen molar-refractivity contribution < 1.29 is 9.59 Å². The number of carbonyl (C=O) groups excluding carboxylic acids is 2. The quantitative estimate of drug-likeness (QED) is 0.828. The molecule has 1 aromatic carbocycles. The predicted molar refractivity (Wildman–Crippen MR) is 101 cm³/mol. The molecular weight excluding hydrogens is 328 g/mol. The van der Waals surface area contributed by atoms with Gasteiger partial charge in [-0.05, 0) is 29.8 Å². The maximum atomic E-state index is 12.7. The van der Waals surface area contributed by atoms with Crippen molar-refractivity contribution in [2.75, 3.05) is 18.4 Å². The second-order valence-electron chi connectivity index (χ2n) is 7.96. The number of aryl methyl sites for hydroxylation is 1. The Morgan fingerprint density at radius 1 is 1.19 bits per heavy atom. The lowest BCUT2D eigenvalue weighted by Gasteiger charge is -2.18. The minimum atomic E-state index is -0.419. The first-order chi connectivity index (χ1) is 12.3. The molecule has 1 aromatic heterocycles. The molecule has 2 N–H and O–H groups in total. The molecule has 0 spiro atoms. The number of hydrogen-bond donors (Lipinski definition) is 2. The SMILES string of the molecule is Cn1cc([C@H]2CNC[C@@H]2C(=O)Nc2ccc(C(=O)C(C)(C)C)cc2)cn1. The molecule has 2 aromatic rings. The van der Waals surface area contributed by atoms with Crippen LogP contribution in [-0.4, -0.2) is 34.6 Å². The molecule has 1 aliphatic rings. The van der Waals surface area contributed by atoms with Gasteiger partial charge in [0.05, 0.1) is 12.1 Å². The highest BCUT2D eigenvalue weighted by Gasteiger charge is 2.34. The van der Waals surface area contributed by atoms with Crippen LogP contribution in [0.1, 0.15) is 42.6 Å². The van der Waals surface area contributed by atoms with Gasteiger partial charge in [0.1, 0.15) is 0 Å². The van der Waals surface area contributed by atoms with Gasteiger partial charge in [-0.1, -0.05) is 20.8 Å². The third-order valence-corrected chi connectivity index (χ3v) is 4.80. The van der Waals surface area contributed by atoms with Crippen LogP contribution in [0.2, 0.25) is 0 Å². The summed E-state index contributed by atoms with van der Waals surface area (Å²) in [7, 11) is 1.88. The molecule has 2 heterocycles. The molecule has 1 aliphatic heterocycles. The summed E-state index contributed by atoms with van der Waals surface area (Å²) in [5, 5.41) is 10.5. The first-order valence-corrected chi connectivity index (χ1v) is 8.90. The van der Waals surface area contributed by atoms with Gasteiger partial charge in [-0.15, -0.1) is 0 Å². The number of benzene rings is 1. The van der Waals surface area contributed by atoms with Crippen molar-refractivity contribution in [3.8, 4) is 0 Å². The number of nitrogens with zero attached hydrogens (tertiary/aromatic N) is 2. The molecule has 0 bridgehead atoms. The standard InChI is InChI=1S/C20H26N4O2/c1-20(2,3)18(25)13-5-7-15(8-6-13)23-19(26)17-11-21-10-16(17)14-9-22-24(4)12-14/h5-9,12,16-17,21H,10-11H2,1-4H3,(H,23,26)/t16-,17+/m1/s1. The zero-order valence-corrected chi connectivity index (χ0v) is 15.7. The van der Waals surface area contributed by atoms with E-state index in [1.54, 1.807) is 28.9 Å². The van der Waals surface area contributed by atoms with E-state index in [2.05, 4.69) is 15.7 Å². The molecule has 1 amide bonds. The molecular formula is C20H26N4O2. The molecule has 3 rings (SSSR count). The van der Waals surface area contributed by atoms with Gasteiger partial charge in [-0.3, -0.25) is 14.3 Å². The molecule has 0 unspecified atom stereocenters. The topological polar surface area (TPSA) is 76.0 Å². The summed E-state index contributed by atoms with van der Waals surface area (Å²) in [6, 6.07) is 7.13. The molecule has 6 nitrogen and oxygen atoms in total. The zero-order valence-electron chi connectivity index (χ0n) is 15.7. The minimum absolute atomic E-state index is 0.0150. The van der Waals surface area contributed by atoms with Crippen molar-refractivity contribution in [1.29, 1.82) is 0 Å². The molecule has 2 atom stereocenters. The summed E-state index contributed by atoms with van der Waals surface area (Å²) in [5.41, 5.74) is 2.02. The van der Waals surface area contributed by atoms with Gasteiger partial charge in [-0.25, -0.2) is 0 Å². The Morgan fingerprint density at radius 2 is 1.88 bits per heavy atom. The summed E-state index contributed by atoms with van der Waals surface area (Å²) < 4.78 is 1.76. The van der Waals surface area contributed by atoms with E-state index in [9.17, 15) is 9.59 Å². The Bertz CT molecular complexity index is 802. The number of ketones is 1. The summed E-state index contributed by atoms with van der Waals surface area (Å²) in [6.45, 7) is 7.11. The van der Waals surface area contributed by atoms with Gasteiger partial charge >= 0.3 is 0 Å². The number of aromatic nitrogens is 2. The van der Waals surface area contributed by atoms with E-state index in [1.807, 2.05) is 40.2 Å². The maximum Gasteiger partial charge on any atom is 0.229 e. The molecule has 6 heteroatoms. The Morgan fingerprint density at radius 3 is 2.46 bits per heavy atom. The summed E-state index contributed by atoms with van der Waals surface area (Å²) in [6.07, 6.45) is 3.79. The van der Waals surface area contributed by atoms with Crippen LogP contribution in [0, 0.1) is 11.3 Å². The van der Waals surface area contributed by atoms with Gasteiger partial charge < -0.3 is 10.6 Å². The largest absolute Gasteiger partial charge is 0.326 e. The summed E-state index contributed by atoms with van der Waals surface area (Å²) in [5.74, 6) is 0.0475. The van der Waals surface area contributed by atoms with Crippen LogP contribution in [0.4, 0.5) is 5.69 Å². The third kappa shape index (κ3) is 3.85. The molecule has 26 heavy (non-hydrogen) atoms. The van der Waals surface area contributed by atoms with E-state index in [-0.39, 0.29) is 23.5 Å². The number of rotatable bonds is 4. The van der Waals surface area contributed by atoms with E-state index in [1.165, 1.54) is 0 Å². The van der Waals surface area contributed by atoms with E-state index >= 15 is 0 Å². The summed E-state index contributed by atoms with van der Waals surface area (Å²) in [4.78, 5) is 25.0. The Balaban J connectivity index is 1.68. The second-order valence-corrected chi connectivity index (χ2v) is 7.96. The number of Topliss-reactive ketones (excluding diaryl/α,β-unsaturated/α-hetero) is 1. The van der Waals surface area contributed by atoms with Gasteiger partial charge in [0.2, 0.25) is 5.91 Å². The van der Waals surface area contributed by atoms with Gasteiger partial charge in [0.25, 0.3) is 0 Å². The van der Waals surface area contributed by atoms with Gasteiger partial charge in [0.15, 0.2) is 5.78 Å². The van der Waals surface area contributed by atoms with Crippen LogP contribution in [0.3, 0.4) is 0 Å². The number of hydrogen-bond acceptors (Lipinski definition) is 4. The number of carbonyl (C=O) groups is 2. The minimum Gasteiger partial charge on any atom is -0.326 e. The van der Waals surface area contributed by atoms with Crippen molar-refractivity contribution in [2.24, 2.45) is 18.4 Å². The van der Waals surface area contributed by atoms with Crippen molar-refractivity contribution in [3.63, 3.8) is 0 Å². The first kappa shape index (κ1) is 18.3. The van der Waals surface area contributed by atoms with Crippen LogP contribution in [0.15, 0.2) is 36.7 Å².